The first-order valence-electron chi connectivity index (χ1n) is 15.3. The van der Waals surface area contributed by atoms with E-state index in [1.165, 1.54) is 8.99 Å². The molecule has 0 radical (unpaired) electrons. The molecule has 3 aromatic rings. The first kappa shape index (κ1) is 37.8. The highest BCUT2D eigenvalue weighted by molar-refractivity contribution is 7.87. The molecule has 0 amide bonds. The fourth-order valence-corrected chi connectivity index (χ4v) is 5.51. The van der Waals surface area contributed by atoms with Gasteiger partial charge in [-0.1, -0.05) is 74.5 Å². The molecular weight excluding hydrogens is 592 g/mol. The zero-order valence-electron chi connectivity index (χ0n) is 28.1. The Morgan fingerprint density at radius 3 is 1.82 bits per heavy atom. The van der Waals surface area contributed by atoms with E-state index >= 15 is 0 Å². The number of benzene rings is 2. The average molecular weight is 643 g/mol. The maximum atomic E-state index is 12.9. The topological polar surface area (TPSA) is 120 Å². The highest BCUT2D eigenvalue weighted by Crippen LogP contribution is 2.28. The van der Waals surface area contributed by atoms with E-state index < -0.39 is 10.2 Å². The molecule has 248 valence electrons. The second kappa shape index (κ2) is 17.4. The Balaban J connectivity index is 0.000000262. The third kappa shape index (κ3) is 12.5. The summed E-state index contributed by atoms with van der Waals surface area (Å²) in [5.74, 6) is -0.160. The summed E-state index contributed by atoms with van der Waals surface area (Å²) in [4.78, 5) is 23.8. The molecule has 0 aliphatic carbocycles. The number of hydrogen-bond donors (Lipinski definition) is 1. The van der Waals surface area contributed by atoms with Crippen molar-refractivity contribution >= 4 is 16.2 Å². The standard InChI is InChI=1S/C19H18N2O.C8H16O2.C7H16N2O3S/c1-14(2)21-19(22)18(16-11-7-4-8-12-16)17(13-20-21)15-9-5-3-6-10-15;1-6(2)7(9)10-8(3,4)5;1-7(2)8-13(10,11)9-3-5-12-6-4-9/h3-14H,1-2H3;6H,1-5H3;7-8H,3-6H2,1-2H3. The molecule has 4 rings (SSSR count). The van der Waals surface area contributed by atoms with Gasteiger partial charge in [0.25, 0.3) is 15.8 Å². The number of esters is 1. The van der Waals surface area contributed by atoms with Crippen LogP contribution < -0.4 is 10.3 Å². The molecule has 10 nitrogen and oxygen atoms in total. The summed E-state index contributed by atoms with van der Waals surface area (Å²) in [6.07, 6.45) is 1.79. The number of nitrogens with one attached hydrogen (secondary N) is 1. The quantitative estimate of drug-likeness (QED) is 0.328. The van der Waals surface area contributed by atoms with Crippen molar-refractivity contribution in [3.8, 4) is 22.3 Å². The van der Waals surface area contributed by atoms with Crippen LogP contribution in [0.2, 0.25) is 0 Å². The lowest BCUT2D eigenvalue weighted by Crippen LogP contribution is -2.48. The van der Waals surface area contributed by atoms with E-state index in [9.17, 15) is 18.0 Å². The van der Waals surface area contributed by atoms with Crippen molar-refractivity contribution in [1.82, 2.24) is 18.8 Å². The molecule has 0 unspecified atom stereocenters. The van der Waals surface area contributed by atoms with Gasteiger partial charge in [0.15, 0.2) is 0 Å². The molecule has 1 saturated heterocycles. The third-order valence-electron chi connectivity index (χ3n) is 6.21. The number of carbonyl (C=O) groups is 1. The van der Waals surface area contributed by atoms with E-state index in [0.29, 0.717) is 31.9 Å². The summed E-state index contributed by atoms with van der Waals surface area (Å²) in [5, 5.41) is 4.34. The Morgan fingerprint density at radius 1 is 0.889 bits per heavy atom. The Morgan fingerprint density at radius 2 is 1.40 bits per heavy atom. The normalized spacial score (nSPS) is 14.0. The van der Waals surface area contributed by atoms with Crippen LogP contribution in [0.25, 0.3) is 22.3 Å². The molecule has 0 bridgehead atoms. The minimum Gasteiger partial charge on any atom is -0.460 e. The summed E-state index contributed by atoms with van der Waals surface area (Å²) in [6.45, 7) is 18.7. The number of aromatic nitrogens is 2. The summed E-state index contributed by atoms with van der Waals surface area (Å²) in [5.41, 5.74) is 3.10. The van der Waals surface area contributed by atoms with E-state index in [0.717, 1.165) is 16.7 Å². The average Bonchev–Trinajstić information content (AvgIpc) is 2.97. The fraction of sp³-hybridized carbons (Fsp3) is 0.500. The lowest BCUT2D eigenvalue weighted by molar-refractivity contribution is -0.158. The lowest BCUT2D eigenvalue weighted by Gasteiger charge is -2.26. The van der Waals surface area contributed by atoms with Crippen LogP contribution >= 0.6 is 0 Å². The van der Waals surface area contributed by atoms with Gasteiger partial charge in [-0.15, -0.1) is 0 Å². The van der Waals surface area contributed by atoms with Crippen molar-refractivity contribution in [2.75, 3.05) is 26.3 Å². The van der Waals surface area contributed by atoms with Crippen LogP contribution in [0, 0.1) is 5.92 Å². The largest absolute Gasteiger partial charge is 0.460 e. The van der Waals surface area contributed by atoms with Crippen LogP contribution in [-0.4, -0.2) is 66.4 Å². The van der Waals surface area contributed by atoms with Crippen LogP contribution in [0.3, 0.4) is 0 Å². The van der Waals surface area contributed by atoms with Gasteiger partial charge in [0.1, 0.15) is 5.60 Å². The van der Waals surface area contributed by atoms with Gasteiger partial charge in [-0.25, -0.2) is 4.68 Å². The maximum Gasteiger partial charge on any atom is 0.308 e. The molecule has 0 atom stereocenters. The molecule has 0 spiro atoms. The summed E-state index contributed by atoms with van der Waals surface area (Å²) in [6, 6.07) is 19.7. The number of carbonyl (C=O) groups excluding carboxylic acids is 1. The molecule has 1 N–H and O–H groups in total. The minimum absolute atomic E-state index is 0.0276. The summed E-state index contributed by atoms with van der Waals surface area (Å²) < 4.78 is 38.7. The molecule has 45 heavy (non-hydrogen) atoms. The van der Waals surface area contributed by atoms with Crippen molar-refractivity contribution in [3.05, 3.63) is 77.2 Å². The van der Waals surface area contributed by atoms with Gasteiger partial charge in [-0.05, 0) is 59.6 Å². The maximum absolute atomic E-state index is 12.9. The van der Waals surface area contributed by atoms with Gasteiger partial charge < -0.3 is 9.47 Å². The Hall–Kier alpha value is -3.38. The SMILES string of the molecule is CC(C)C(=O)OC(C)(C)C.CC(C)NS(=O)(=O)N1CCOCC1.CC(C)n1ncc(-c2ccccc2)c(-c2ccccc2)c1=O. The highest BCUT2D eigenvalue weighted by Gasteiger charge is 2.24. The lowest BCUT2D eigenvalue weighted by atomic mass is 9.97. The van der Waals surface area contributed by atoms with Crippen LogP contribution in [0.4, 0.5) is 0 Å². The highest BCUT2D eigenvalue weighted by atomic mass is 32.2. The van der Waals surface area contributed by atoms with Gasteiger partial charge in [-0.3, -0.25) is 9.59 Å². The molecule has 2 aromatic carbocycles. The van der Waals surface area contributed by atoms with Gasteiger partial charge in [-0.2, -0.15) is 22.5 Å². The monoisotopic (exact) mass is 642 g/mol. The van der Waals surface area contributed by atoms with Gasteiger partial charge in [0.2, 0.25) is 0 Å². The number of morpholine rings is 1. The molecule has 1 aliphatic rings. The molecule has 0 saturated carbocycles. The third-order valence-corrected chi connectivity index (χ3v) is 8.03. The molecule has 11 heteroatoms. The van der Waals surface area contributed by atoms with E-state index in [4.69, 9.17) is 9.47 Å². The van der Waals surface area contributed by atoms with Crippen LogP contribution in [-0.2, 0) is 24.5 Å². The molecule has 1 fully saturated rings. The predicted octanol–water partition coefficient (Wildman–Crippen LogP) is 5.70. The zero-order chi connectivity index (χ0) is 33.8. The Bertz CT molecular complexity index is 1490. The Kier molecular flexibility index (Phi) is 14.6. The molecule has 2 heterocycles. The van der Waals surface area contributed by atoms with Crippen molar-refractivity contribution in [2.24, 2.45) is 5.92 Å². The zero-order valence-corrected chi connectivity index (χ0v) is 28.9. The second-order valence-corrected chi connectivity index (χ2v) is 14.2. The van der Waals surface area contributed by atoms with Crippen LogP contribution in [0.1, 0.15) is 68.4 Å². The van der Waals surface area contributed by atoms with Crippen molar-refractivity contribution in [3.63, 3.8) is 0 Å². The van der Waals surface area contributed by atoms with E-state index in [2.05, 4.69) is 9.82 Å². The van der Waals surface area contributed by atoms with E-state index in [1.807, 2.05) is 109 Å². The molecule has 1 aromatic heterocycles. The van der Waals surface area contributed by atoms with Crippen LogP contribution in [0.15, 0.2) is 71.7 Å². The number of hydrogen-bond acceptors (Lipinski definition) is 7. The molecule has 1 aliphatic heterocycles. The summed E-state index contributed by atoms with van der Waals surface area (Å²) in [7, 11) is -3.28. The van der Waals surface area contributed by atoms with Crippen molar-refractivity contribution in [1.29, 1.82) is 0 Å². The minimum atomic E-state index is -3.28. The number of rotatable bonds is 7. The van der Waals surface area contributed by atoms with Crippen molar-refractivity contribution in [2.45, 2.75) is 80.0 Å². The number of ether oxygens (including phenoxy) is 2. The van der Waals surface area contributed by atoms with Gasteiger partial charge in [0, 0.05) is 24.7 Å². The van der Waals surface area contributed by atoms with E-state index in [-0.39, 0.29) is 35.1 Å². The molecular formula is C34H50N4O6S. The first-order chi connectivity index (χ1) is 21.0. The van der Waals surface area contributed by atoms with Crippen LogP contribution in [0.5, 0.6) is 0 Å². The first-order valence-corrected chi connectivity index (χ1v) is 16.8. The van der Waals surface area contributed by atoms with E-state index in [1.54, 1.807) is 20.0 Å². The fourth-order valence-electron chi connectivity index (χ4n) is 4.13. The van der Waals surface area contributed by atoms with Crippen molar-refractivity contribution < 1.29 is 22.7 Å². The number of nitrogens with zero attached hydrogens (tertiary/aromatic N) is 3. The predicted molar refractivity (Wildman–Crippen MR) is 180 cm³/mol. The van der Waals surface area contributed by atoms with Gasteiger partial charge >= 0.3 is 5.97 Å². The smallest absolute Gasteiger partial charge is 0.308 e. The Labute approximate surface area is 268 Å². The van der Waals surface area contributed by atoms with Gasteiger partial charge in [0.05, 0.1) is 36.9 Å². The second-order valence-electron chi connectivity index (χ2n) is 12.5. The summed E-state index contributed by atoms with van der Waals surface area (Å²) >= 11 is 0.